The Hall–Kier alpha value is -2.55. The summed E-state index contributed by atoms with van der Waals surface area (Å²) in [4.78, 5) is 11.4. The number of carboxylic acid groups (broad SMARTS) is 1. The number of carbonyl (C=O) groups is 1. The van der Waals surface area contributed by atoms with Crippen LogP contribution in [0.4, 0.5) is 0 Å². The van der Waals surface area contributed by atoms with Crippen molar-refractivity contribution in [3.63, 3.8) is 0 Å². The van der Waals surface area contributed by atoms with Crippen molar-refractivity contribution < 1.29 is 14.6 Å². The molecule has 102 valence electrons. The van der Waals surface area contributed by atoms with Crippen molar-refractivity contribution in [3.8, 4) is 5.75 Å². The second-order valence-electron chi connectivity index (χ2n) is 4.36. The SMILES string of the molecule is C=CCc1cccc(OCc2ccccc2)c1C(=O)O. The van der Waals surface area contributed by atoms with Gasteiger partial charge in [-0.3, -0.25) is 0 Å². The first-order chi connectivity index (χ1) is 9.72. The van der Waals surface area contributed by atoms with E-state index in [0.29, 0.717) is 24.3 Å². The van der Waals surface area contributed by atoms with Gasteiger partial charge in [0.1, 0.15) is 17.9 Å². The van der Waals surface area contributed by atoms with Crippen molar-refractivity contribution >= 4 is 5.97 Å². The first kappa shape index (κ1) is 13.9. The van der Waals surface area contributed by atoms with Crippen molar-refractivity contribution in [3.05, 3.63) is 77.9 Å². The number of hydrogen-bond acceptors (Lipinski definition) is 2. The Balaban J connectivity index is 2.24. The Morgan fingerprint density at radius 3 is 2.55 bits per heavy atom. The summed E-state index contributed by atoms with van der Waals surface area (Å²) in [6.45, 7) is 3.99. The fourth-order valence-electron chi connectivity index (χ4n) is 2.00. The van der Waals surface area contributed by atoms with Gasteiger partial charge in [-0.05, 0) is 23.6 Å². The van der Waals surface area contributed by atoms with E-state index < -0.39 is 5.97 Å². The summed E-state index contributed by atoms with van der Waals surface area (Å²) in [5, 5.41) is 9.36. The van der Waals surface area contributed by atoms with Crippen LogP contribution < -0.4 is 4.74 Å². The molecule has 0 atom stereocenters. The highest BCUT2D eigenvalue weighted by Crippen LogP contribution is 2.24. The number of aromatic carboxylic acids is 1. The summed E-state index contributed by atoms with van der Waals surface area (Å²) in [6.07, 6.45) is 2.19. The number of benzene rings is 2. The largest absolute Gasteiger partial charge is 0.488 e. The lowest BCUT2D eigenvalue weighted by molar-refractivity contribution is 0.0690. The molecule has 0 aliphatic carbocycles. The van der Waals surface area contributed by atoms with Crippen molar-refractivity contribution in [2.45, 2.75) is 13.0 Å². The molecule has 20 heavy (non-hydrogen) atoms. The minimum Gasteiger partial charge on any atom is -0.488 e. The van der Waals surface area contributed by atoms with Gasteiger partial charge in [0.05, 0.1) is 0 Å². The summed E-state index contributed by atoms with van der Waals surface area (Å²) in [7, 11) is 0. The van der Waals surface area contributed by atoms with Crippen LogP contribution in [0.2, 0.25) is 0 Å². The standard InChI is InChI=1S/C17H16O3/c1-2-7-14-10-6-11-15(16(14)17(18)19)20-12-13-8-4-3-5-9-13/h2-6,8-11H,1,7,12H2,(H,18,19). The van der Waals surface area contributed by atoms with E-state index in [4.69, 9.17) is 4.74 Å². The molecule has 0 aliphatic heterocycles. The third-order valence-electron chi connectivity index (χ3n) is 2.93. The third kappa shape index (κ3) is 3.26. The minimum absolute atomic E-state index is 0.211. The highest BCUT2D eigenvalue weighted by Gasteiger charge is 2.15. The lowest BCUT2D eigenvalue weighted by Gasteiger charge is -2.12. The molecule has 0 fully saturated rings. The Kier molecular flexibility index (Phi) is 4.56. The molecule has 0 saturated carbocycles. The summed E-state index contributed by atoms with van der Waals surface area (Å²) >= 11 is 0. The topological polar surface area (TPSA) is 46.5 Å². The summed E-state index contributed by atoms with van der Waals surface area (Å²) in [6, 6.07) is 14.9. The predicted molar refractivity (Wildman–Crippen MR) is 78.1 cm³/mol. The molecule has 3 heteroatoms. The van der Waals surface area contributed by atoms with E-state index in [2.05, 4.69) is 6.58 Å². The average Bonchev–Trinajstić information content (AvgIpc) is 2.46. The molecule has 0 unspecified atom stereocenters. The number of ether oxygens (including phenoxy) is 1. The Morgan fingerprint density at radius 2 is 1.90 bits per heavy atom. The lowest BCUT2D eigenvalue weighted by atomic mass is 10.0. The zero-order valence-corrected chi connectivity index (χ0v) is 11.1. The van der Waals surface area contributed by atoms with E-state index in [1.165, 1.54) is 0 Å². The third-order valence-corrected chi connectivity index (χ3v) is 2.93. The van der Waals surface area contributed by atoms with Crippen molar-refractivity contribution in [2.24, 2.45) is 0 Å². The molecule has 0 amide bonds. The van der Waals surface area contributed by atoms with E-state index in [-0.39, 0.29) is 5.56 Å². The van der Waals surface area contributed by atoms with Gasteiger partial charge in [-0.25, -0.2) is 4.79 Å². The van der Waals surface area contributed by atoms with Gasteiger partial charge in [-0.2, -0.15) is 0 Å². The van der Waals surface area contributed by atoms with Crippen LogP contribution in [0.15, 0.2) is 61.2 Å². The Bertz CT molecular complexity index is 603. The number of carboxylic acids is 1. The van der Waals surface area contributed by atoms with E-state index in [1.807, 2.05) is 30.3 Å². The number of allylic oxidation sites excluding steroid dienone is 1. The molecule has 0 bridgehead atoms. The fourth-order valence-corrected chi connectivity index (χ4v) is 2.00. The highest BCUT2D eigenvalue weighted by atomic mass is 16.5. The smallest absolute Gasteiger partial charge is 0.339 e. The minimum atomic E-state index is -0.981. The van der Waals surface area contributed by atoms with E-state index in [9.17, 15) is 9.90 Å². The average molecular weight is 268 g/mol. The molecule has 0 radical (unpaired) electrons. The predicted octanol–water partition coefficient (Wildman–Crippen LogP) is 3.69. The van der Waals surface area contributed by atoms with Crippen LogP contribution in [-0.2, 0) is 13.0 Å². The fraction of sp³-hybridized carbons (Fsp3) is 0.118. The maximum atomic E-state index is 11.4. The van der Waals surface area contributed by atoms with Crippen LogP contribution in [0.25, 0.3) is 0 Å². The van der Waals surface area contributed by atoms with Crippen LogP contribution in [0.5, 0.6) is 5.75 Å². The van der Waals surface area contributed by atoms with Gasteiger partial charge in [0.2, 0.25) is 0 Å². The van der Waals surface area contributed by atoms with E-state index >= 15 is 0 Å². The lowest BCUT2D eigenvalue weighted by Crippen LogP contribution is -2.07. The number of hydrogen-bond donors (Lipinski definition) is 1. The van der Waals surface area contributed by atoms with Gasteiger partial charge in [0, 0.05) is 0 Å². The van der Waals surface area contributed by atoms with E-state index in [1.54, 1.807) is 24.3 Å². The molecule has 0 spiro atoms. The van der Waals surface area contributed by atoms with Crippen LogP contribution in [0, 0.1) is 0 Å². The quantitative estimate of drug-likeness (QED) is 0.813. The first-order valence-electron chi connectivity index (χ1n) is 6.35. The van der Waals surface area contributed by atoms with Gasteiger partial charge >= 0.3 is 5.97 Å². The zero-order valence-electron chi connectivity index (χ0n) is 11.1. The monoisotopic (exact) mass is 268 g/mol. The van der Waals surface area contributed by atoms with E-state index in [0.717, 1.165) is 5.56 Å². The normalized spacial score (nSPS) is 10.0. The molecule has 2 aromatic carbocycles. The number of rotatable bonds is 6. The van der Waals surface area contributed by atoms with Crippen LogP contribution >= 0.6 is 0 Å². The van der Waals surface area contributed by atoms with Crippen molar-refractivity contribution in [1.29, 1.82) is 0 Å². The summed E-state index contributed by atoms with van der Waals surface area (Å²) in [5.41, 5.74) is 1.92. The molecule has 1 N–H and O–H groups in total. The molecule has 0 saturated heterocycles. The van der Waals surface area contributed by atoms with Crippen LogP contribution in [-0.4, -0.2) is 11.1 Å². The Labute approximate surface area is 118 Å². The second-order valence-corrected chi connectivity index (χ2v) is 4.36. The maximum absolute atomic E-state index is 11.4. The van der Waals surface area contributed by atoms with Gasteiger partial charge in [0.15, 0.2) is 0 Å². The van der Waals surface area contributed by atoms with Crippen molar-refractivity contribution in [2.75, 3.05) is 0 Å². The molecule has 2 rings (SSSR count). The van der Waals surface area contributed by atoms with Gasteiger partial charge < -0.3 is 9.84 Å². The summed E-state index contributed by atoms with van der Waals surface area (Å²) in [5.74, 6) is -0.591. The van der Waals surface area contributed by atoms with Crippen LogP contribution in [0.1, 0.15) is 21.5 Å². The molecule has 0 heterocycles. The molecule has 2 aromatic rings. The Morgan fingerprint density at radius 1 is 1.15 bits per heavy atom. The molecule has 0 aromatic heterocycles. The molecular weight excluding hydrogens is 252 g/mol. The zero-order chi connectivity index (χ0) is 14.4. The van der Waals surface area contributed by atoms with Gasteiger partial charge in [-0.1, -0.05) is 48.5 Å². The molecular formula is C17H16O3. The first-order valence-corrected chi connectivity index (χ1v) is 6.35. The molecule has 3 nitrogen and oxygen atoms in total. The van der Waals surface area contributed by atoms with Crippen LogP contribution in [0.3, 0.4) is 0 Å². The molecule has 0 aliphatic rings. The van der Waals surface area contributed by atoms with Gasteiger partial charge in [-0.15, -0.1) is 6.58 Å². The maximum Gasteiger partial charge on any atom is 0.339 e. The second kappa shape index (κ2) is 6.57. The summed E-state index contributed by atoms with van der Waals surface area (Å²) < 4.78 is 5.66. The van der Waals surface area contributed by atoms with Gasteiger partial charge in [0.25, 0.3) is 0 Å². The highest BCUT2D eigenvalue weighted by molar-refractivity contribution is 5.92. The van der Waals surface area contributed by atoms with Crippen molar-refractivity contribution in [1.82, 2.24) is 0 Å².